The molecule has 0 aliphatic rings. The second-order valence-corrected chi connectivity index (χ2v) is 5.42. The minimum Gasteiger partial charge on any atom is -0.383 e. The molecule has 104 valence electrons. The maximum Gasteiger partial charge on any atom is 0.254 e. The van der Waals surface area contributed by atoms with Crippen molar-refractivity contribution in [2.75, 3.05) is 5.73 Å². The zero-order valence-electron chi connectivity index (χ0n) is 11.4. The number of hydrogen-bond acceptors (Lipinski definition) is 5. The minimum absolute atomic E-state index is 0.144. The Hall–Kier alpha value is -2.08. The van der Waals surface area contributed by atoms with Crippen molar-refractivity contribution in [2.24, 2.45) is 5.73 Å². The molecule has 1 aromatic carbocycles. The summed E-state index contributed by atoms with van der Waals surface area (Å²) < 4.78 is 0. The van der Waals surface area contributed by atoms with Crippen LogP contribution in [0.25, 0.3) is 0 Å². The van der Waals surface area contributed by atoms with Gasteiger partial charge in [0.1, 0.15) is 17.2 Å². The van der Waals surface area contributed by atoms with Gasteiger partial charge in [-0.05, 0) is 25.5 Å². The summed E-state index contributed by atoms with van der Waals surface area (Å²) >= 11 is 1.64. The number of nitrogens with two attached hydrogens (primary N) is 2. The first-order valence-electron chi connectivity index (χ1n) is 6.10. The van der Waals surface area contributed by atoms with Crippen LogP contribution in [0, 0.1) is 13.8 Å². The van der Waals surface area contributed by atoms with E-state index in [1.54, 1.807) is 18.7 Å². The molecule has 1 heterocycles. The Morgan fingerprint density at radius 1 is 1.25 bits per heavy atom. The van der Waals surface area contributed by atoms with Crippen molar-refractivity contribution in [3.05, 3.63) is 46.9 Å². The van der Waals surface area contributed by atoms with Crippen LogP contribution in [0.3, 0.4) is 0 Å². The molecule has 0 fully saturated rings. The van der Waals surface area contributed by atoms with Crippen LogP contribution in [0.15, 0.2) is 29.2 Å². The van der Waals surface area contributed by atoms with Crippen molar-refractivity contribution in [2.45, 2.75) is 24.5 Å². The third kappa shape index (κ3) is 3.08. The lowest BCUT2D eigenvalue weighted by atomic mass is 10.2. The van der Waals surface area contributed by atoms with Crippen LogP contribution >= 0.6 is 11.8 Å². The van der Waals surface area contributed by atoms with E-state index in [1.807, 2.05) is 18.2 Å². The van der Waals surface area contributed by atoms with Gasteiger partial charge in [0, 0.05) is 4.90 Å². The maximum atomic E-state index is 11.2. The molecule has 4 N–H and O–H groups in total. The van der Waals surface area contributed by atoms with Crippen LogP contribution in [0.4, 0.5) is 5.82 Å². The summed E-state index contributed by atoms with van der Waals surface area (Å²) in [5.41, 5.74) is 12.9. The number of rotatable bonds is 4. The molecule has 0 saturated carbocycles. The van der Waals surface area contributed by atoms with Gasteiger partial charge in [-0.15, -0.1) is 11.8 Å². The molecule has 1 amide bonds. The average Bonchev–Trinajstić information content (AvgIpc) is 2.36. The van der Waals surface area contributed by atoms with E-state index in [1.165, 1.54) is 10.5 Å². The molecule has 5 nitrogen and oxygen atoms in total. The van der Waals surface area contributed by atoms with Gasteiger partial charge in [-0.25, -0.2) is 9.97 Å². The van der Waals surface area contributed by atoms with Gasteiger partial charge in [0.25, 0.3) is 5.91 Å². The van der Waals surface area contributed by atoms with Gasteiger partial charge in [-0.2, -0.15) is 0 Å². The number of aromatic nitrogens is 2. The Balaban J connectivity index is 2.19. The van der Waals surface area contributed by atoms with Gasteiger partial charge < -0.3 is 11.5 Å². The van der Waals surface area contributed by atoms with E-state index in [0.29, 0.717) is 17.3 Å². The molecule has 6 heteroatoms. The first-order valence-corrected chi connectivity index (χ1v) is 7.09. The molecule has 2 aromatic rings. The van der Waals surface area contributed by atoms with Crippen LogP contribution in [0.1, 0.15) is 27.4 Å². The molecule has 0 unspecified atom stereocenters. The van der Waals surface area contributed by atoms with Crippen molar-refractivity contribution in [1.29, 1.82) is 0 Å². The van der Waals surface area contributed by atoms with Crippen LogP contribution in [0.2, 0.25) is 0 Å². The summed E-state index contributed by atoms with van der Waals surface area (Å²) in [6, 6.07) is 8.10. The molecule has 1 aromatic heterocycles. The lowest BCUT2D eigenvalue weighted by Gasteiger charge is -2.08. The van der Waals surface area contributed by atoms with E-state index in [4.69, 9.17) is 11.5 Å². The summed E-state index contributed by atoms with van der Waals surface area (Å²) in [5, 5.41) is 0. The van der Waals surface area contributed by atoms with E-state index in [0.717, 1.165) is 0 Å². The second kappa shape index (κ2) is 5.92. The van der Waals surface area contributed by atoms with E-state index < -0.39 is 5.91 Å². The summed E-state index contributed by atoms with van der Waals surface area (Å²) in [6.45, 7) is 3.76. The number of benzene rings is 1. The molecular weight excluding hydrogens is 272 g/mol. The first-order chi connectivity index (χ1) is 9.49. The average molecular weight is 288 g/mol. The Labute approximate surface area is 121 Å². The lowest BCUT2D eigenvalue weighted by Crippen LogP contribution is -2.18. The van der Waals surface area contributed by atoms with Gasteiger partial charge in [0.2, 0.25) is 0 Å². The number of aryl methyl sites for hydroxylation is 2. The fourth-order valence-corrected chi connectivity index (χ4v) is 2.77. The number of nitrogen functional groups attached to an aromatic ring is 1. The summed E-state index contributed by atoms with van der Waals surface area (Å²) in [5.74, 6) is 0.733. The van der Waals surface area contributed by atoms with Crippen LogP contribution in [-0.4, -0.2) is 15.9 Å². The highest BCUT2D eigenvalue weighted by Gasteiger charge is 2.14. The smallest absolute Gasteiger partial charge is 0.254 e. The van der Waals surface area contributed by atoms with Gasteiger partial charge in [-0.1, -0.05) is 18.2 Å². The summed E-state index contributed by atoms with van der Waals surface area (Å²) in [6.07, 6.45) is 0. The highest BCUT2D eigenvalue weighted by molar-refractivity contribution is 7.98. The Morgan fingerprint density at radius 3 is 2.55 bits per heavy atom. The van der Waals surface area contributed by atoms with Crippen LogP contribution < -0.4 is 11.5 Å². The standard InChI is InChI=1S/C14H16N4OS/c1-8-5-3-4-6-10(8)20-7-11-17-9(2)12(14(16)19)13(15)18-11/h3-6H,7H2,1-2H3,(H2,16,19)(H2,15,17,18). The predicted molar refractivity (Wildman–Crippen MR) is 80.4 cm³/mol. The molecule has 0 spiro atoms. The number of primary amides is 1. The number of thioether (sulfide) groups is 1. The van der Waals surface area contributed by atoms with E-state index in [9.17, 15) is 4.79 Å². The molecule has 0 aliphatic heterocycles. The second-order valence-electron chi connectivity index (χ2n) is 4.40. The van der Waals surface area contributed by atoms with Crippen molar-refractivity contribution >= 4 is 23.5 Å². The summed E-state index contributed by atoms with van der Waals surface area (Å²) in [7, 11) is 0. The molecule has 0 saturated heterocycles. The molecule has 20 heavy (non-hydrogen) atoms. The van der Waals surface area contributed by atoms with E-state index >= 15 is 0 Å². The Bertz CT molecular complexity index is 634. The normalized spacial score (nSPS) is 10.5. The highest BCUT2D eigenvalue weighted by atomic mass is 32.2. The maximum absolute atomic E-state index is 11.2. The number of hydrogen-bond donors (Lipinski definition) is 2. The highest BCUT2D eigenvalue weighted by Crippen LogP contribution is 2.25. The molecule has 0 bridgehead atoms. The SMILES string of the molecule is Cc1ccccc1SCc1nc(C)c(C(N)=O)c(N)n1. The van der Waals surface area contributed by atoms with Gasteiger partial charge >= 0.3 is 0 Å². The molecule has 0 aliphatic carbocycles. The third-order valence-electron chi connectivity index (χ3n) is 2.86. The van der Waals surface area contributed by atoms with Gasteiger partial charge in [0.15, 0.2) is 0 Å². The van der Waals surface area contributed by atoms with Crippen LogP contribution in [0.5, 0.6) is 0 Å². The molecule has 2 rings (SSSR count). The van der Waals surface area contributed by atoms with Crippen LogP contribution in [-0.2, 0) is 5.75 Å². The number of nitrogens with zero attached hydrogens (tertiary/aromatic N) is 2. The van der Waals surface area contributed by atoms with Crippen molar-refractivity contribution in [3.8, 4) is 0 Å². The quantitative estimate of drug-likeness (QED) is 0.840. The number of anilines is 1. The molecule has 0 radical (unpaired) electrons. The number of carbonyl (C=O) groups excluding carboxylic acids is 1. The summed E-state index contributed by atoms with van der Waals surface area (Å²) in [4.78, 5) is 20.8. The fraction of sp³-hybridized carbons (Fsp3) is 0.214. The van der Waals surface area contributed by atoms with E-state index in [-0.39, 0.29) is 11.4 Å². The zero-order chi connectivity index (χ0) is 14.7. The topological polar surface area (TPSA) is 94.9 Å². The molecular formula is C14H16N4OS. The van der Waals surface area contributed by atoms with Gasteiger partial charge in [-0.3, -0.25) is 4.79 Å². The van der Waals surface area contributed by atoms with Crippen molar-refractivity contribution in [3.63, 3.8) is 0 Å². The third-order valence-corrected chi connectivity index (χ3v) is 4.03. The largest absolute Gasteiger partial charge is 0.383 e. The lowest BCUT2D eigenvalue weighted by molar-refractivity contribution is 0.1000. The van der Waals surface area contributed by atoms with Crippen molar-refractivity contribution in [1.82, 2.24) is 9.97 Å². The zero-order valence-corrected chi connectivity index (χ0v) is 12.2. The first kappa shape index (κ1) is 14.3. The predicted octanol–water partition coefficient (Wildman–Crippen LogP) is 2.07. The molecule has 0 atom stereocenters. The fourth-order valence-electron chi connectivity index (χ4n) is 1.88. The number of amides is 1. The minimum atomic E-state index is -0.599. The monoisotopic (exact) mass is 288 g/mol. The van der Waals surface area contributed by atoms with Crippen molar-refractivity contribution < 1.29 is 4.79 Å². The number of carbonyl (C=O) groups is 1. The Morgan fingerprint density at radius 2 is 1.95 bits per heavy atom. The van der Waals surface area contributed by atoms with Gasteiger partial charge in [0.05, 0.1) is 11.4 Å². The Kier molecular flexibility index (Phi) is 4.24. The van der Waals surface area contributed by atoms with E-state index in [2.05, 4.69) is 23.0 Å².